The summed E-state index contributed by atoms with van der Waals surface area (Å²) in [4.78, 5) is 7.55. The lowest BCUT2D eigenvalue weighted by molar-refractivity contribution is 0.122. The lowest BCUT2D eigenvalue weighted by atomic mass is 9.89. The summed E-state index contributed by atoms with van der Waals surface area (Å²) >= 11 is 0. The average Bonchev–Trinajstić information content (AvgIpc) is 3.40. The topological polar surface area (TPSA) is 56.3 Å². The molecule has 2 aliphatic rings. The Morgan fingerprint density at radius 3 is 2.69 bits per heavy atom. The molecular weight excluding hydrogens is 400 g/mol. The quantitative estimate of drug-likeness (QED) is 0.424. The molecule has 0 unspecified atom stereocenters. The average molecular weight is 431 g/mol. The SMILES string of the molecule is Cc1noc2ccc(-c3nc4ccc(N5CCOCC5)cc4n3CC3CCCCC3)cc12. The van der Waals surface area contributed by atoms with Crippen LogP contribution in [0.3, 0.4) is 0 Å². The summed E-state index contributed by atoms with van der Waals surface area (Å²) in [6.07, 6.45) is 6.69. The van der Waals surface area contributed by atoms with Crippen molar-refractivity contribution in [1.29, 1.82) is 0 Å². The molecule has 2 aromatic carbocycles. The zero-order chi connectivity index (χ0) is 21.5. The van der Waals surface area contributed by atoms with Crippen molar-refractivity contribution >= 4 is 27.7 Å². The highest BCUT2D eigenvalue weighted by Gasteiger charge is 2.21. The second kappa shape index (κ2) is 8.24. The standard InChI is InChI=1S/C26H30N4O2/c1-18-22-15-20(7-10-25(22)32-28-18)26-27-23-9-8-21(29-11-13-31-14-12-29)16-24(23)30(26)17-19-5-3-2-4-6-19/h7-10,15-16,19H,2-6,11-14,17H2,1H3. The molecule has 0 bridgehead atoms. The number of benzene rings is 2. The molecule has 3 heterocycles. The van der Waals surface area contributed by atoms with E-state index in [2.05, 4.69) is 45.0 Å². The molecule has 6 rings (SSSR count). The Balaban J connectivity index is 1.47. The zero-order valence-corrected chi connectivity index (χ0v) is 18.7. The Bertz CT molecular complexity index is 1250. The van der Waals surface area contributed by atoms with Crippen LogP contribution < -0.4 is 4.90 Å². The van der Waals surface area contributed by atoms with Crippen molar-refractivity contribution in [1.82, 2.24) is 14.7 Å². The van der Waals surface area contributed by atoms with Gasteiger partial charge in [0, 0.05) is 36.3 Å². The van der Waals surface area contributed by atoms with E-state index >= 15 is 0 Å². The third-order valence-electron chi connectivity index (χ3n) is 7.18. The fourth-order valence-electron chi connectivity index (χ4n) is 5.36. The lowest BCUT2D eigenvalue weighted by Gasteiger charge is -2.29. The minimum Gasteiger partial charge on any atom is -0.378 e. The van der Waals surface area contributed by atoms with Gasteiger partial charge in [0.05, 0.1) is 29.9 Å². The maximum Gasteiger partial charge on any atom is 0.167 e. The Kier molecular flexibility index (Phi) is 5.10. The molecule has 1 aliphatic carbocycles. The van der Waals surface area contributed by atoms with Crippen LogP contribution in [0.1, 0.15) is 37.8 Å². The van der Waals surface area contributed by atoms with Gasteiger partial charge in [-0.05, 0) is 62.1 Å². The first kappa shape index (κ1) is 19.8. The van der Waals surface area contributed by atoms with Crippen molar-refractivity contribution in [2.45, 2.75) is 45.6 Å². The van der Waals surface area contributed by atoms with Crippen molar-refractivity contribution in [3.8, 4) is 11.4 Å². The third-order valence-corrected chi connectivity index (χ3v) is 7.18. The van der Waals surface area contributed by atoms with Crippen LogP contribution in [0.15, 0.2) is 40.9 Å². The molecule has 6 heteroatoms. The molecule has 1 saturated carbocycles. The van der Waals surface area contributed by atoms with Crippen molar-refractivity contribution < 1.29 is 9.26 Å². The predicted molar refractivity (Wildman–Crippen MR) is 127 cm³/mol. The zero-order valence-electron chi connectivity index (χ0n) is 18.7. The van der Waals surface area contributed by atoms with Gasteiger partial charge in [-0.3, -0.25) is 0 Å². The number of fused-ring (bicyclic) bond motifs is 2. The van der Waals surface area contributed by atoms with Crippen LogP contribution >= 0.6 is 0 Å². The molecule has 32 heavy (non-hydrogen) atoms. The summed E-state index contributed by atoms with van der Waals surface area (Å²) in [5, 5.41) is 5.20. The smallest absolute Gasteiger partial charge is 0.167 e. The maximum absolute atomic E-state index is 5.56. The fourth-order valence-corrected chi connectivity index (χ4v) is 5.36. The van der Waals surface area contributed by atoms with Gasteiger partial charge in [0.15, 0.2) is 5.58 Å². The van der Waals surface area contributed by atoms with E-state index < -0.39 is 0 Å². The van der Waals surface area contributed by atoms with Gasteiger partial charge in [-0.25, -0.2) is 4.98 Å². The Hall–Kier alpha value is -2.86. The van der Waals surface area contributed by atoms with Crippen molar-refractivity contribution in [3.05, 3.63) is 42.1 Å². The predicted octanol–water partition coefficient (Wildman–Crippen LogP) is 5.57. The second-order valence-corrected chi connectivity index (χ2v) is 9.30. The van der Waals surface area contributed by atoms with Crippen LogP contribution in [-0.4, -0.2) is 41.0 Å². The van der Waals surface area contributed by atoms with Crippen molar-refractivity contribution in [2.75, 3.05) is 31.2 Å². The third kappa shape index (κ3) is 3.56. The normalized spacial score (nSPS) is 18.1. The summed E-state index contributed by atoms with van der Waals surface area (Å²) in [5.74, 6) is 1.76. The summed E-state index contributed by atoms with van der Waals surface area (Å²) in [6.45, 7) is 6.50. The van der Waals surface area contributed by atoms with E-state index in [9.17, 15) is 0 Å². The first-order chi connectivity index (χ1) is 15.8. The number of morpholine rings is 1. The van der Waals surface area contributed by atoms with Crippen LogP contribution in [0.25, 0.3) is 33.4 Å². The van der Waals surface area contributed by atoms with E-state index in [1.54, 1.807) is 0 Å². The number of rotatable bonds is 4. The molecule has 0 amide bonds. The lowest BCUT2D eigenvalue weighted by Crippen LogP contribution is -2.36. The second-order valence-electron chi connectivity index (χ2n) is 9.30. The van der Waals surface area contributed by atoms with E-state index in [1.165, 1.54) is 43.3 Å². The number of hydrogen-bond donors (Lipinski definition) is 0. The van der Waals surface area contributed by atoms with Crippen molar-refractivity contribution in [2.24, 2.45) is 5.92 Å². The number of nitrogens with zero attached hydrogens (tertiary/aromatic N) is 4. The number of ether oxygens (including phenoxy) is 1. The van der Waals surface area contributed by atoms with E-state index in [0.717, 1.165) is 66.4 Å². The molecule has 0 radical (unpaired) electrons. The molecule has 0 spiro atoms. The monoisotopic (exact) mass is 430 g/mol. The highest BCUT2D eigenvalue weighted by atomic mass is 16.5. The van der Waals surface area contributed by atoms with Gasteiger partial charge in [0.25, 0.3) is 0 Å². The molecule has 2 aromatic heterocycles. The van der Waals surface area contributed by atoms with Gasteiger partial charge in [-0.1, -0.05) is 24.4 Å². The minimum absolute atomic E-state index is 0.716. The number of imidazole rings is 1. The fraction of sp³-hybridized carbons (Fsp3) is 0.462. The van der Waals surface area contributed by atoms with E-state index in [4.69, 9.17) is 14.2 Å². The number of hydrogen-bond acceptors (Lipinski definition) is 5. The summed E-state index contributed by atoms with van der Waals surface area (Å²) < 4.78 is 13.5. The number of aryl methyl sites for hydroxylation is 1. The molecule has 1 saturated heterocycles. The van der Waals surface area contributed by atoms with Crippen LogP contribution in [0, 0.1) is 12.8 Å². The summed E-state index contributed by atoms with van der Waals surface area (Å²) in [7, 11) is 0. The number of anilines is 1. The summed E-state index contributed by atoms with van der Waals surface area (Å²) in [6, 6.07) is 13.1. The highest BCUT2D eigenvalue weighted by Crippen LogP contribution is 2.34. The Morgan fingerprint density at radius 1 is 1.00 bits per heavy atom. The van der Waals surface area contributed by atoms with Gasteiger partial charge >= 0.3 is 0 Å². The Labute approximate surface area is 188 Å². The Morgan fingerprint density at radius 2 is 1.84 bits per heavy atom. The van der Waals surface area contributed by atoms with Crippen LogP contribution in [0.2, 0.25) is 0 Å². The van der Waals surface area contributed by atoms with Gasteiger partial charge < -0.3 is 18.7 Å². The van der Waals surface area contributed by atoms with Crippen LogP contribution in [0.4, 0.5) is 5.69 Å². The van der Waals surface area contributed by atoms with Gasteiger partial charge in [0.1, 0.15) is 5.82 Å². The number of aromatic nitrogens is 3. The maximum atomic E-state index is 5.56. The molecule has 166 valence electrons. The highest BCUT2D eigenvalue weighted by molar-refractivity contribution is 5.88. The molecule has 0 N–H and O–H groups in total. The van der Waals surface area contributed by atoms with Crippen LogP contribution in [0.5, 0.6) is 0 Å². The first-order valence-corrected chi connectivity index (χ1v) is 12.0. The van der Waals surface area contributed by atoms with E-state index in [-0.39, 0.29) is 0 Å². The minimum atomic E-state index is 0.716. The van der Waals surface area contributed by atoms with E-state index in [0.29, 0.717) is 5.92 Å². The van der Waals surface area contributed by atoms with E-state index in [1.807, 2.05) is 13.0 Å². The molecule has 0 atom stereocenters. The molecule has 1 aliphatic heterocycles. The van der Waals surface area contributed by atoms with Crippen molar-refractivity contribution in [3.63, 3.8) is 0 Å². The largest absolute Gasteiger partial charge is 0.378 e. The van der Waals surface area contributed by atoms with Gasteiger partial charge in [0.2, 0.25) is 0 Å². The molecular formula is C26H30N4O2. The van der Waals surface area contributed by atoms with Gasteiger partial charge in [-0.15, -0.1) is 0 Å². The molecule has 2 fully saturated rings. The molecule has 6 nitrogen and oxygen atoms in total. The summed E-state index contributed by atoms with van der Waals surface area (Å²) in [5.41, 5.74) is 6.44. The molecule has 4 aromatic rings. The van der Waals surface area contributed by atoms with Gasteiger partial charge in [-0.2, -0.15) is 0 Å². The first-order valence-electron chi connectivity index (χ1n) is 12.0. The van der Waals surface area contributed by atoms with Crippen LogP contribution in [-0.2, 0) is 11.3 Å².